The molecule has 1 aromatic carbocycles. The van der Waals surface area contributed by atoms with Crippen LogP contribution in [0.2, 0.25) is 5.02 Å². The molecule has 72 valence electrons. The number of aromatic amines is 1. The van der Waals surface area contributed by atoms with Gasteiger partial charge in [0.1, 0.15) is 0 Å². The number of rotatable bonds is 2. The molecule has 0 unspecified atom stereocenters. The van der Waals surface area contributed by atoms with Crippen molar-refractivity contribution >= 4 is 11.6 Å². The van der Waals surface area contributed by atoms with E-state index in [1.54, 1.807) is 12.1 Å². The van der Waals surface area contributed by atoms with Crippen molar-refractivity contribution in [2.75, 3.05) is 0 Å². The van der Waals surface area contributed by atoms with E-state index in [2.05, 4.69) is 15.5 Å². The molecule has 2 aromatic rings. The topological polar surface area (TPSA) is 63.6 Å². The summed E-state index contributed by atoms with van der Waals surface area (Å²) in [7, 11) is 0. The van der Waals surface area contributed by atoms with Gasteiger partial charge in [-0.25, -0.2) is 9.89 Å². The summed E-state index contributed by atoms with van der Waals surface area (Å²) < 4.78 is 1.24. The molecule has 0 atom stereocenters. The molecule has 1 N–H and O–H groups in total. The lowest BCUT2D eigenvalue weighted by molar-refractivity contribution is 0.632. The van der Waals surface area contributed by atoms with Crippen molar-refractivity contribution in [3.05, 3.63) is 45.3 Å². The minimum atomic E-state index is -0.319. The Labute approximate surface area is 84.3 Å². The number of hydrogen-bond acceptors (Lipinski definition) is 3. The minimum absolute atomic E-state index is 0.319. The molecule has 0 fully saturated rings. The number of hydrogen-bond donors (Lipinski definition) is 1. The maximum absolute atomic E-state index is 11.0. The predicted octanol–water partition coefficient (Wildman–Crippen LogP) is 0.668. The minimum Gasteiger partial charge on any atom is -0.245 e. The Kier molecular flexibility index (Phi) is 2.32. The summed E-state index contributed by atoms with van der Waals surface area (Å²) >= 11 is 5.72. The predicted molar refractivity (Wildman–Crippen MR) is 51.2 cm³/mol. The monoisotopic (exact) mass is 210 g/mol. The Hall–Kier alpha value is -1.62. The largest absolute Gasteiger partial charge is 0.361 e. The highest BCUT2D eigenvalue weighted by atomic mass is 35.5. The van der Waals surface area contributed by atoms with Gasteiger partial charge in [0.2, 0.25) is 0 Å². The van der Waals surface area contributed by atoms with Crippen LogP contribution in [0.3, 0.4) is 0 Å². The van der Waals surface area contributed by atoms with Crippen molar-refractivity contribution < 1.29 is 0 Å². The highest BCUT2D eigenvalue weighted by Gasteiger charge is 1.99. The number of nitrogens with zero attached hydrogens (tertiary/aromatic N) is 3. The fraction of sp³-hybridized carbons (Fsp3) is 0.125. The average molecular weight is 211 g/mol. The molecular formula is C8H7ClN4O. The van der Waals surface area contributed by atoms with Crippen molar-refractivity contribution in [1.29, 1.82) is 0 Å². The van der Waals surface area contributed by atoms with Crippen molar-refractivity contribution in [3.63, 3.8) is 0 Å². The summed E-state index contributed by atoms with van der Waals surface area (Å²) in [6.45, 7) is 0.395. The number of H-pyrrole nitrogens is 1. The van der Waals surface area contributed by atoms with Crippen LogP contribution in [0, 0.1) is 0 Å². The van der Waals surface area contributed by atoms with Gasteiger partial charge in [-0.05, 0) is 28.1 Å². The standard InChI is InChI=1S/C8H7ClN4O/c9-7-3-1-6(2-4-7)5-13-8(14)10-11-12-13/h1-4H,5H2,(H,10,12,14). The smallest absolute Gasteiger partial charge is 0.245 e. The number of tetrazole rings is 1. The Morgan fingerprint density at radius 2 is 2.07 bits per heavy atom. The zero-order valence-corrected chi connectivity index (χ0v) is 7.90. The number of benzene rings is 1. The Bertz CT molecular complexity index is 473. The first kappa shape index (κ1) is 8.96. The first-order valence-corrected chi connectivity index (χ1v) is 4.36. The molecule has 2 rings (SSSR count). The average Bonchev–Trinajstić information content (AvgIpc) is 2.56. The van der Waals surface area contributed by atoms with Crippen LogP contribution < -0.4 is 5.69 Å². The van der Waals surface area contributed by atoms with Crippen LogP contribution in [0.25, 0.3) is 0 Å². The molecule has 0 aliphatic heterocycles. The molecule has 0 radical (unpaired) electrons. The van der Waals surface area contributed by atoms with Crippen LogP contribution in [0.5, 0.6) is 0 Å². The molecule has 14 heavy (non-hydrogen) atoms. The Morgan fingerprint density at radius 1 is 1.36 bits per heavy atom. The summed E-state index contributed by atoms with van der Waals surface area (Å²) in [5, 5.41) is 9.87. The van der Waals surface area contributed by atoms with Gasteiger partial charge in [0.05, 0.1) is 6.54 Å². The SMILES string of the molecule is O=c1[nH]nnn1Cc1ccc(Cl)cc1. The highest BCUT2D eigenvalue weighted by molar-refractivity contribution is 6.30. The maximum atomic E-state index is 11.0. The van der Waals surface area contributed by atoms with Gasteiger partial charge in [-0.3, -0.25) is 0 Å². The van der Waals surface area contributed by atoms with E-state index in [0.717, 1.165) is 5.56 Å². The number of nitrogens with one attached hydrogen (secondary N) is 1. The first-order chi connectivity index (χ1) is 6.75. The van der Waals surface area contributed by atoms with E-state index < -0.39 is 0 Å². The first-order valence-electron chi connectivity index (χ1n) is 3.98. The highest BCUT2D eigenvalue weighted by Crippen LogP contribution is 2.09. The number of aromatic nitrogens is 4. The Morgan fingerprint density at radius 3 is 2.64 bits per heavy atom. The maximum Gasteiger partial charge on any atom is 0.361 e. The van der Waals surface area contributed by atoms with Gasteiger partial charge in [-0.1, -0.05) is 23.7 Å². The molecule has 0 bridgehead atoms. The molecule has 0 saturated carbocycles. The van der Waals surface area contributed by atoms with Gasteiger partial charge in [-0.15, -0.1) is 0 Å². The second-order valence-electron chi connectivity index (χ2n) is 2.79. The fourth-order valence-electron chi connectivity index (χ4n) is 1.08. The summed E-state index contributed by atoms with van der Waals surface area (Å²) in [6.07, 6.45) is 0. The zero-order valence-electron chi connectivity index (χ0n) is 7.14. The van der Waals surface area contributed by atoms with Crippen molar-refractivity contribution in [2.45, 2.75) is 6.54 Å². The molecule has 1 aromatic heterocycles. The van der Waals surface area contributed by atoms with Gasteiger partial charge in [0.25, 0.3) is 0 Å². The van der Waals surface area contributed by atoms with Crippen LogP contribution in [-0.2, 0) is 6.54 Å². The van der Waals surface area contributed by atoms with Gasteiger partial charge in [0, 0.05) is 5.02 Å². The third-order valence-electron chi connectivity index (χ3n) is 1.78. The molecular weight excluding hydrogens is 204 g/mol. The zero-order chi connectivity index (χ0) is 9.97. The lowest BCUT2D eigenvalue weighted by Gasteiger charge is -1.98. The van der Waals surface area contributed by atoms with Gasteiger partial charge >= 0.3 is 5.69 Å². The van der Waals surface area contributed by atoms with E-state index in [9.17, 15) is 4.79 Å². The molecule has 6 heteroatoms. The molecule has 1 heterocycles. The molecule has 0 spiro atoms. The molecule has 0 aliphatic rings. The lowest BCUT2D eigenvalue weighted by atomic mass is 10.2. The number of halogens is 1. The third-order valence-corrected chi connectivity index (χ3v) is 2.03. The van der Waals surface area contributed by atoms with Crippen molar-refractivity contribution in [1.82, 2.24) is 20.2 Å². The summed E-state index contributed by atoms with van der Waals surface area (Å²) in [5.74, 6) is 0. The quantitative estimate of drug-likeness (QED) is 0.793. The van der Waals surface area contributed by atoms with E-state index >= 15 is 0 Å². The van der Waals surface area contributed by atoms with Gasteiger partial charge in [-0.2, -0.15) is 4.68 Å². The van der Waals surface area contributed by atoms with Crippen LogP contribution in [0.1, 0.15) is 5.56 Å². The van der Waals surface area contributed by atoms with E-state index in [1.807, 2.05) is 12.1 Å². The molecule has 0 amide bonds. The van der Waals surface area contributed by atoms with E-state index in [4.69, 9.17) is 11.6 Å². The molecule has 0 aliphatic carbocycles. The fourth-order valence-corrected chi connectivity index (χ4v) is 1.21. The van der Waals surface area contributed by atoms with E-state index in [-0.39, 0.29) is 5.69 Å². The van der Waals surface area contributed by atoms with Crippen LogP contribution >= 0.6 is 11.6 Å². The van der Waals surface area contributed by atoms with E-state index in [1.165, 1.54) is 4.68 Å². The van der Waals surface area contributed by atoms with E-state index in [0.29, 0.717) is 11.6 Å². The molecule has 5 nitrogen and oxygen atoms in total. The van der Waals surface area contributed by atoms with Crippen LogP contribution in [0.4, 0.5) is 0 Å². The van der Waals surface area contributed by atoms with Crippen LogP contribution in [0.15, 0.2) is 29.1 Å². The second-order valence-corrected chi connectivity index (χ2v) is 3.23. The van der Waals surface area contributed by atoms with Crippen molar-refractivity contribution in [2.24, 2.45) is 0 Å². The lowest BCUT2D eigenvalue weighted by Crippen LogP contribution is -2.18. The van der Waals surface area contributed by atoms with Crippen molar-refractivity contribution in [3.8, 4) is 0 Å². The molecule has 0 saturated heterocycles. The summed E-state index contributed by atoms with van der Waals surface area (Å²) in [6, 6.07) is 7.21. The van der Waals surface area contributed by atoms with Crippen LogP contribution in [-0.4, -0.2) is 20.2 Å². The van der Waals surface area contributed by atoms with Gasteiger partial charge < -0.3 is 0 Å². The second kappa shape index (κ2) is 3.63. The Balaban J connectivity index is 2.23. The third kappa shape index (κ3) is 1.82. The normalized spacial score (nSPS) is 10.4. The van der Waals surface area contributed by atoms with Gasteiger partial charge in [0.15, 0.2) is 0 Å². The summed E-state index contributed by atoms with van der Waals surface area (Å²) in [4.78, 5) is 11.0. The summed E-state index contributed by atoms with van der Waals surface area (Å²) in [5.41, 5.74) is 0.630.